The van der Waals surface area contributed by atoms with Gasteiger partial charge in [0.2, 0.25) is 5.91 Å². The number of aliphatic hydroxyl groups is 1. The zero-order chi connectivity index (χ0) is 28.5. The van der Waals surface area contributed by atoms with E-state index < -0.39 is 35.2 Å². The number of hydrogen-bond acceptors (Lipinski definition) is 3. The lowest BCUT2D eigenvalue weighted by molar-refractivity contribution is -0.237. The van der Waals surface area contributed by atoms with Gasteiger partial charge in [-0.1, -0.05) is 65.3 Å². The number of amides is 1. The maximum atomic E-state index is 13.9. The smallest absolute Gasteiger partial charge is 0.429 e. The third kappa shape index (κ3) is 5.80. The van der Waals surface area contributed by atoms with Gasteiger partial charge < -0.3 is 14.7 Å². The van der Waals surface area contributed by atoms with Gasteiger partial charge in [0.25, 0.3) is 5.60 Å². The lowest BCUT2D eigenvalue weighted by Gasteiger charge is -2.34. The molecule has 1 fully saturated rings. The highest BCUT2D eigenvalue weighted by Crippen LogP contribution is 2.48. The molecule has 0 saturated carbocycles. The van der Waals surface area contributed by atoms with E-state index in [0.29, 0.717) is 33.5 Å². The van der Waals surface area contributed by atoms with E-state index in [4.69, 9.17) is 27.9 Å². The fraction of sp³-hybridized carbons (Fsp3) is 0.310. The molecule has 3 atom stereocenters. The third-order valence-corrected chi connectivity index (χ3v) is 7.21. The topological polar surface area (TPSA) is 49.8 Å². The summed E-state index contributed by atoms with van der Waals surface area (Å²) < 4.78 is 60.6. The lowest BCUT2D eigenvalue weighted by atomic mass is 9.82. The van der Waals surface area contributed by atoms with Crippen LogP contribution in [0.3, 0.4) is 0 Å². The fourth-order valence-corrected chi connectivity index (χ4v) is 5.16. The van der Waals surface area contributed by atoms with E-state index in [1.54, 1.807) is 50.3 Å². The average Bonchev–Trinajstić information content (AvgIpc) is 3.05. The Labute approximate surface area is 233 Å². The Morgan fingerprint density at radius 3 is 2.41 bits per heavy atom. The van der Waals surface area contributed by atoms with Gasteiger partial charge in [-0.3, -0.25) is 4.79 Å². The molecule has 206 valence electrons. The van der Waals surface area contributed by atoms with Gasteiger partial charge in [0.1, 0.15) is 11.9 Å². The van der Waals surface area contributed by atoms with E-state index in [1.807, 2.05) is 23.9 Å². The number of benzene rings is 2. The average molecular weight is 582 g/mol. The Kier molecular flexibility index (Phi) is 8.33. The summed E-state index contributed by atoms with van der Waals surface area (Å²) >= 11 is 12.2. The van der Waals surface area contributed by atoms with Crippen LogP contribution in [0.25, 0.3) is 0 Å². The molecule has 2 aromatic rings. The van der Waals surface area contributed by atoms with Gasteiger partial charge >= 0.3 is 6.18 Å². The zero-order valence-corrected chi connectivity index (χ0v) is 22.5. The molecule has 1 heterocycles. The molecule has 1 N–H and O–H groups in total. The number of halogens is 6. The molecule has 0 aromatic heterocycles. The summed E-state index contributed by atoms with van der Waals surface area (Å²) in [5, 5.41) is 10.8. The normalized spacial score (nSPS) is 24.5. The van der Waals surface area contributed by atoms with Crippen molar-refractivity contribution in [2.75, 3.05) is 6.54 Å². The van der Waals surface area contributed by atoms with Gasteiger partial charge in [-0.25, -0.2) is 0 Å². The number of carbonyl (C=O) groups is 1. The second-order valence-corrected chi connectivity index (χ2v) is 10.2. The standard InChI is InChI=1S/C29H25Cl2F4NO3/c1-3-25-19(11-20-12-26(32)28(20,38)29(33,34)35)9-10-23(39-24-14-21(30)13-22(31)15-24)16-36(25)27(37)17(2)18-7-5-4-6-8-18/h3-8,11,13-15,17,23,38H,9-10,16H2,1-2H3/b19-11-,25-3?/t17-,23-,28?/m0/s1. The Hall–Kier alpha value is -3.03. The maximum absolute atomic E-state index is 13.9. The molecular weight excluding hydrogens is 557 g/mol. The minimum atomic E-state index is -5.27. The van der Waals surface area contributed by atoms with E-state index in [0.717, 1.165) is 11.6 Å². The number of ether oxygens (including phenoxy) is 1. The summed E-state index contributed by atoms with van der Waals surface area (Å²) in [4.78, 5) is 15.3. The highest BCUT2D eigenvalue weighted by Gasteiger charge is 2.63. The van der Waals surface area contributed by atoms with Gasteiger partial charge in [-0.05, 0) is 62.1 Å². The molecule has 1 unspecified atom stereocenters. The van der Waals surface area contributed by atoms with Crippen LogP contribution < -0.4 is 4.74 Å². The number of likely N-dealkylation sites (tertiary alicyclic amines) is 1. The molecule has 0 bridgehead atoms. The third-order valence-electron chi connectivity index (χ3n) is 6.77. The van der Waals surface area contributed by atoms with Crippen LogP contribution >= 0.6 is 23.2 Å². The first kappa shape index (κ1) is 29.0. The molecule has 4 rings (SSSR count). The van der Waals surface area contributed by atoms with E-state index in [1.165, 1.54) is 4.90 Å². The number of nitrogens with zero attached hydrogens (tertiary/aromatic N) is 1. The SMILES string of the molecule is CC=C1/C(=C\C2=C=C(F)C2(O)C(F)(F)F)CC[C@H](Oc2cc(Cl)cc(Cl)c2)CN1C(=O)[C@@H](C)c1ccccc1. The zero-order valence-electron chi connectivity index (χ0n) is 21.0. The molecule has 1 aliphatic heterocycles. The van der Waals surface area contributed by atoms with Crippen molar-refractivity contribution in [3.8, 4) is 5.75 Å². The van der Waals surface area contributed by atoms with Gasteiger partial charge in [0.05, 0.1) is 12.5 Å². The molecule has 1 amide bonds. The van der Waals surface area contributed by atoms with Gasteiger partial charge in [0.15, 0.2) is 5.83 Å². The van der Waals surface area contributed by atoms with Crippen molar-refractivity contribution < 1.29 is 32.2 Å². The van der Waals surface area contributed by atoms with E-state index in [-0.39, 0.29) is 18.9 Å². The van der Waals surface area contributed by atoms with Crippen molar-refractivity contribution in [3.63, 3.8) is 0 Å². The first-order valence-electron chi connectivity index (χ1n) is 12.2. The van der Waals surface area contributed by atoms with Crippen molar-refractivity contribution in [1.82, 2.24) is 4.90 Å². The van der Waals surface area contributed by atoms with Crippen LogP contribution in [0, 0.1) is 0 Å². The van der Waals surface area contributed by atoms with Crippen LogP contribution in [0.5, 0.6) is 5.75 Å². The quantitative estimate of drug-likeness (QED) is 0.291. The van der Waals surface area contributed by atoms with Crippen LogP contribution in [-0.2, 0) is 4.79 Å². The van der Waals surface area contributed by atoms with Crippen LogP contribution in [0.15, 0.2) is 89.1 Å². The highest BCUT2D eigenvalue weighted by atomic mass is 35.5. The largest absolute Gasteiger partial charge is 0.488 e. The maximum Gasteiger partial charge on any atom is 0.429 e. The number of rotatable bonds is 5. The minimum absolute atomic E-state index is 0.0734. The van der Waals surface area contributed by atoms with E-state index in [9.17, 15) is 27.5 Å². The molecule has 1 saturated heterocycles. The Morgan fingerprint density at radius 2 is 1.85 bits per heavy atom. The van der Waals surface area contributed by atoms with Crippen LogP contribution in [0.1, 0.15) is 38.2 Å². The summed E-state index contributed by atoms with van der Waals surface area (Å²) in [5.74, 6) is -2.33. The summed E-state index contributed by atoms with van der Waals surface area (Å²) in [5.41, 5.74) is -1.17. The van der Waals surface area contributed by atoms with Gasteiger partial charge in [-0.2, -0.15) is 17.6 Å². The monoisotopic (exact) mass is 581 g/mol. The summed E-state index contributed by atoms with van der Waals surface area (Å²) in [6.07, 6.45) is -2.74. The Balaban J connectivity index is 1.74. The molecule has 39 heavy (non-hydrogen) atoms. The number of hydrogen-bond donors (Lipinski definition) is 1. The van der Waals surface area contributed by atoms with Crippen LogP contribution in [0.4, 0.5) is 17.6 Å². The minimum Gasteiger partial charge on any atom is -0.488 e. The van der Waals surface area contributed by atoms with Crippen LogP contribution in [0.2, 0.25) is 10.0 Å². The highest BCUT2D eigenvalue weighted by molar-refractivity contribution is 6.34. The van der Waals surface area contributed by atoms with Crippen LogP contribution in [-0.4, -0.2) is 40.3 Å². The summed E-state index contributed by atoms with van der Waals surface area (Å²) in [6.45, 7) is 3.46. The fourth-order valence-electron chi connectivity index (χ4n) is 4.66. The van der Waals surface area contributed by atoms with Crippen molar-refractivity contribution in [3.05, 3.63) is 105 Å². The molecule has 2 aliphatic rings. The summed E-state index contributed by atoms with van der Waals surface area (Å²) in [7, 11) is 0. The van der Waals surface area contributed by atoms with Gasteiger partial charge in [0, 0.05) is 21.3 Å². The lowest BCUT2D eigenvalue weighted by Crippen LogP contribution is -2.50. The van der Waals surface area contributed by atoms with E-state index >= 15 is 0 Å². The number of alkyl halides is 3. The van der Waals surface area contributed by atoms with Crippen molar-refractivity contribution in [2.45, 2.75) is 50.5 Å². The predicted molar refractivity (Wildman–Crippen MR) is 141 cm³/mol. The Morgan fingerprint density at radius 1 is 1.21 bits per heavy atom. The second kappa shape index (κ2) is 11.2. The molecular formula is C29H25Cl2F4NO3. The summed E-state index contributed by atoms with van der Waals surface area (Å²) in [6, 6.07) is 13.7. The molecule has 1 aliphatic carbocycles. The van der Waals surface area contributed by atoms with E-state index in [2.05, 4.69) is 0 Å². The molecule has 10 heteroatoms. The Bertz CT molecular complexity index is 1380. The van der Waals surface area contributed by atoms with Crippen molar-refractivity contribution >= 4 is 29.1 Å². The van der Waals surface area contributed by atoms with Gasteiger partial charge in [-0.15, -0.1) is 0 Å². The molecule has 2 aromatic carbocycles. The second-order valence-electron chi connectivity index (χ2n) is 9.37. The number of allylic oxidation sites excluding steroid dienone is 2. The van der Waals surface area contributed by atoms with Crippen molar-refractivity contribution in [1.29, 1.82) is 0 Å². The predicted octanol–water partition coefficient (Wildman–Crippen LogP) is 7.68. The molecule has 0 spiro atoms. The first-order valence-corrected chi connectivity index (χ1v) is 12.9. The molecule has 4 nitrogen and oxygen atoms in total. The number of carbonyl (C=O) groups excluding carboxylic acids is 1. The first-order chi connectivity index (χ1) is 18.3. The molecule has 0 radical (unpaired) electrons. The van der Waals surface area contributed by atoms with Crippen molar-refractivity contribution in [2.24, 2.45) is 0 Å².